The molecule has 1 aliphatic heterocycles. The SMILES string of the molecule is Cc1ccccc1NC(=O)N[C@@H](C)[C@H]1CCCO1. The van der Waals surface area contributed by atoms with Crippen LogP contribution in [0.3, 0.4) is 0 Å². The van der Waals surface area contributed by atoms with Crippen molar-refractivity contribution in [2.75, 3.05) is 11.9 Å². The number of aryl methyl sites for hydroxylation is 1. The van der Waals surface area contributed by atoms with Crippen molar-refractivity contribution in [1.29, 1.82) is 0 Å². The van der Waals surface area contributed by atoms with Gasteiger partial charge in [-0.1, -0.05) is 18.2 Å². The zero-order valence-electron chi connectivity index (χ0n) is 10.9. The molecule has 2 atom stereocenters. The van der Waals surface area contributed by atoms with Crippen LogP contribution in [0.5, 0.6) is 0 Å². The zero-order chi connectivity index (χ0) is 13.0. The summed E-state index contributed by atoms with van der Waals surface area (Å²) in [5, 5.41) is 5.78. The average Bonchev–Trinajstić information content (AvgIpc) is 2.85. The average molecular weight is 248 g/mol. The van der Waals surface area contributed by atoms with Gasteiger partial charge in [0.1, 0.15) is 0 Å². The normalized spacial score (nSPS) is 20.4. The lowest BCUT2D eigenvalue weighted by atomic mass is 10.1. The van der Waals surface area contributed by atoms with Crippen molar-refractivity contribution in [2.24, 2.45) is 0 Å². The number of ether oxygens (including phenoxy) is 1. The van der Waals surface area contributed by atoms with E-state index in [1.54, 1.807) is 0 Å². The second-order valence-corrected chi connectivity index (χ2v) is 4.75. The summed E-state index contributed by atoms with van der Waals surface area (Å²) in [6, 6.07) is 7.59. The second kappa shape index (κ2) is 5.87. The maximum Gasteiger partial charge on any atom is 0.319 e. The van der Waals surface area contributed by atoms with E-state index < -0.39 is 0 Å². The number of carbonyl (C=O) groups is 1. The van der Waals surface area contributed by atoms with Crippen molar-refractivity contribution in [1.82, 2.24) is 5.32 Å². The van der Waals surface area contributed by atoms with E-state index in [9.17, 15) is 4.79 Å². The fourth-order valence-corrected chi connectivity index (χ4v) is 2.17. The van der Waals surface area contributed by atoms with Crippen molar-refractivity contribution in [3.63, 3.8) is 0 Å². The van der Waals surface area contributed by atoms with Crippen LogP contribution in [-0.4, -0.2) is 24.8 Å². The van der Waals surface area contributed by atoms with Crippen LogP contribution in [0, 0.1) is 6.92 Å². The standard InChI is InChI=1S/C14H20N2O2/c1-10-6-3-4-7-12(10)16-14(17)15-11(2)13-8-5-9-18-13/h3-4,6-7,11,13H,5,8-9H2,1-2H3,(H2,15,16,17)/t11-,13+/m0/s1. The minimum Gasteiger partial charge on any atom is -0.376 e. The number of amides is 2. The highest BCUT2D eigenvalue weighted by Crippen LogP contribution is 2.16. The van der Waals surface area contributed by atoms with Crippen LogP contribution in [0.25, 0.3) is 0 Å². The minimum atomic E-state index is -0.174. The molecule has 0 spiro atoms. The van der Waals surface area contributed by atoms with Gasteiger partial charge in [-0.3, -0.25) is 0 Å². The summed E-state index contributed by atoms with van der Waals surface area (Å²) in [7, 11) is 0. The van der Waals surface area contributed by atoms with Gasteiger partial charge in [0.15, 0.2) is 0 Å². The lowest BCUT2D eigenvalue weighted by Gasteiger charge is -2.20. The molecule has 18 heavy (non-hydrogen) atoms. The number of para-hydroxylation sites is 1. The Balaban J connectivity index is 1.86. The van der Waals surface area contributed by atoms with Gasteiger partial charge in [0.25, 0.3) is 0 Å². The molecule has 2 N–H and O–H groups in total. The first-order chi connectivity index (χ1) is 8.66. The zero-order valence-corrected chi connectivity index (χ0v) is 10.9. The summed E-state index contributed by atoms with van der Waals surface area (Å²) in [6.07, 6.45) is 2.25. The molecule has 0 aliphatic carbocycles. The first-order valence-corrected chi connectivity index (χ1v) is 6.41. The van der Waals surface area contributed by atoms with Gasteiger partial charge in [-0.2, -0.15) is 0 Å². The molecular weight excluding hydrogens is 228 g/mol. The van der Waals surface area contributed by atoms with Crippen LogP contribution in [0.15, 0.2) is 24.3 Å². The molecular formula is C14H20N2O2. The molecule has 4 heteroatoms. The topological polar surface area (TPSA) is 50.4 Å². The molecule has 1 aromatic rings. The highest BCUT2D eigenvalue weighted by atomic mass is 16.5. The molecule has 0 radical (unpaired) electrons. The Kier molecular flexibility index (Phi) is 4.20. The fraction of sp³-hybridized carbons (Fsp3) is 0.500. The van der Waals surface area contributed by atoms with Crippen LogP contribution < -0.4 is 10.6 Å². The largest absolute Gasteiger partial charge is 0.376 e. The monoisotopic (exact) mass is 248 g/mol. The van der Waals surface area contributed by atoms with Gasteiger partial charge in [-0.15, -0.1) is 0 Å². The van der Waals surface area contributed by atoms with Crippen LogP contribution in [0.2, 0.25) is 0 Å². The highest BCUT2D eigenvalue weighted by Gasteiger charge is 2.23. The van der Waals surface area contributed by atoms with E-state index in [0.29, 0.717) is 0 Å². The number of hydrogen-bond donors (Lipinski definition) is 2. The van der Waals surface area contributed by atoms with E-state index in [4.69, 9.17) is 4.74 Å². The first-order valence-electron chi connectivity index (χ1n) is 6.41. The lowest BCUT2D eigenvalue weighted by molar-refractivity contribution is 0.0868. The van der Waals surface area contributed by atoms with E-state index >= 15 is 0 Å². The van der Waals surface area contributed by atoms with Gasteiger partial charge in [-0.05, 0) is 38.3 Å². The van der Waals surface area contributed by atoms with Crippen molar-refractivity contribution in [3.8, 4) is 0 Å². The maximum atomic E-state index is 11.9. The molecule has 1 aliphatic rings. The number of carbonyl (C=O) groups excluding carboxylic acids is 1. The minimum absolute atomic E-state index is 0.0384. The molecule has 1 saturated heterocycles. The fourth-order valence-electron chi connectivity index (χ4n) is 2.17. The summed E-state index contributed by atoms with van der Waals surface area (Å²) >= 11 is 0. The number of hydrogen-bond acceptors (Lipinski definition) is 2. The van der Waals surface area contributed by atoms with Crippen molar-refractivity contribution in [2.45, 2.75) is 38.8 Å². The Labute approximate surface area is 108 Å². The third kappa shape index (κ3) is 3.23. The highest BCUT2D eigenvalue weighted by molar-refractivity contribution is 5.90. The number of nitrogens with one attached hydrogen (secondary N) is 2. The maximum absolute atomic E-state index is 11.9. The Morgan fingerprint density at radius 3 is 2.89 bits per heavy atom. The third-order valence-corrected chi connectivity index (χ3v) is 3.27. The molecule has 0 unspecified atom stereocenters. The lowest BCUT2D eigenvalue weighted by Crippen LogP contribution is -2.43. The molecule has 2 amide bonds. The first kappa shape index (κ1) is 12.9. The molecule has 0 bridgehead atoms. The molecule has 4 nitrogen and oxygen atoms in total. The summed E-state index contributed by atoms with van der Waals surface area (Å²) in [5.74, 6) is 0. The number of anilines is 1. The van der Waals surface area contributed by atoms with Gasteiger partial charge >= 0.3 is 6.03 Å². The number of rotatable bonds is 3. The van der Waals surface area contributed by atoms with Gasteiger partial charge in [-0.25, -0.2) is 4.79 Å². The van der Waals surface area contributed by atoms with E-state index in [0.717, 1.165) is 30.7 Å². The molecule has 1 heterocycles. The van der Waals surface area contributed by atoms with Crippen LogP contribution in [-0.2, 0) is 4.74 Å². The number of urea groups is 1. The van der Waals surface area contributed by atoms with Crippen LogP contribution in [0.1, 0.15) is 25.3 Å². The van der Waals surface area contributed by atoms with Crippen LogP contribution >= 0.6 is 0 Å². The Hall–Kier alpha value is -1.55. The van der Waals surface area contributed by atoms with Gasteiger partial charge in [0, 0.05) is 12.3 Å². The molecule has 0 saturated carbocycles. The summed E-state index contributed by atoms with van der Waals surface area (Å²) in [6.45, 7) is 4.75. The predicted molar refractivity (Wildman–Crippen MR) is 71.8 cm³/mol. The van der Waals surface area contributed by atoms with E-state index in [2.05, 4.69) is 10.6 Å². The van der Waals surface area contributed by atoms with Gasteiger partial charge in [0.05, 0.1) is 12.1 Å². The Morgan fingerprint density at radius 2 is 2.22 bits per heavy atom. The van der Waals surface area contributed by atoms with Crippen molar-refractivity contribution in [3.05, 3.63) is 29.8 Å². The second-order valence-electron chi connectivity index (χ2n) is 4.75. The molecule has 1 aromatic carbocycles. The third-order valence-electron chi connectivity index (χ3n) is 3.27. The predicted octanol–water partition coefficient (Wildman–Crippen LogP) is 2.68. The van der Waals surface area contributed by atoms with E-state index in [1.807, 2.05) is 38.1 Å². The molecule has 1 fully saturated rings. The van der Waals surface area contributed by atoms with Crippen LogP contribution in [0.4, 0.5) is 10.5 Å². The quantitative estimate of drug-likeness (QED) is 0.864. The van der Waals surface area contributed by atoms with E-state index in [-0.39, 0.29) is 18.2 Å². The van der Waals surface area contributed by atoms with Crippen molar-refractivity contribution >= 4 is 11.7 Å². The molecule has 0 aromatic heterocycles. The summed E-state index contributed by atoms with van der Waals surface area (Å²) < 4.78 is 5.55. The smallest absolute Gasteiger partial charge is 0.319 e. The molecule has 98 valence electrons. The van der Waals surface area contributed by atoms with Gasteiger partial charge in [0.2, 0.25) is 0 Å². The van der Waals surface area contributed by atoms with Crippen molar-refractivity contribution < 1.29 is 9.53 Å². The Morgan fingerprint density at radius 1 is 1.44 bits per heavy atom. The summed E-state index contributed by atoms with van der Waals surface area (Å²) in [4.78, 5) is 11.9. The van der Waals surface area contributed by atoms with Gasteiger partial charge < -0.3 is 15.4 Å². The molecule has 2 rings (SSSR count). The van der Waals surface area contributed by atoms with E-state index in [1.165, 1.54) is 0 Å². The number of benzene rings is 1. The summed E-state index contributed by atoms with van der Waals surface area (Å²) in [5.41, 5.74) is 1.90. The Bertz CT molecular complexity index is 414.